The molecular weight excluding hydrogens is 1300 g/mol. The molecule has 105 heavy (non-hydrogen) atoms. The minimum atomic E-state index is -0.109. The summed E-state index contributed by atoms with van der Waals surface area (Å²) in [5.41, 5.74) is 26.1. The molecule has 21 aromatic rings. The lowest BCUT2D eigenvalue weighted by atomic mass is 9.82. The van der Waals surface area contributed by atoms with E-state index in [9.17, 15) is 0 Å². The van der Waals surface area contributed by atoms with Gasteiger partial charge in [-0.2, -0.15) is 0 Å². The van der Waals surface area contributed by atoms with Crippen molar-refractivity contribution in [2.75, 3.05) is 0 Å². The van der Waals surface area contributed by atoms with Gasteiger partial charge in [0.2, 0.25) is 11.9 Å². The molecule has 6 aromatic heterocycles. The first-order chi connectivity index (χ1) is 51.8. The topological polar surface area (TPSA) is 66.3 Å². The number of benzene rings is 15. The van der Waals surface area contributed by atoms with Gasteiger partial charge in [-0.05, 0) is 159 Å². The molecule has 0 N–H and O–H groups in total. The predicted molar refractivity (Wildman–Crippen MR) is 440 cm³/mol. The maximum atomic E-state index is 5.46. The van der Waals surface area contributed by atoms with Crippen LogP contribution in [0.25, 0.3) is 192 Å². The molecule has 0 atom stereocenters. The summed E-state index contributed by atoms with van der Waals surface area (Å²) >= 11 is 1.85. The fourth-order valence-corrected chi connectivity index (χ4v) is 17.8. The molecule has 15 aromatic carbocycles. The Hall–Kier alpha value is -13.4. The van der Waals surface area contributed by atoms with E-state index in [0.29, 0.717) is 11.9 Å². The van der Waals surface area contributed by atoms with E-state index in [4.69, 9.17) is 19.9 Å². The monoisotopic (exact) mass is 1360 g/mol. The Balaban J connectivity index is 0.000000137. The summed E-state index contributed by atoms with van der Waals surface area (Å²) < 4.78 is 9.47. The van der Waals surface area contributed by atoms with E-state index in [1.165, 1.54) is 119 Å². The van der Waals surface area contributed by atoms with Crippen molar-refractivity contribution in [3.8, 4) is 84.6 Å². The van der Waals surface area contributed by atoms with E-state index in [2.05, 4.69) is 361 Å². The highest BCUT2D eigenvalue weighted by Gasteiger charge is 2.36. The molecule has 492 valence electrons. The van der Waals surface area contributed by atoms with Gasteiger partial charge in [-0.15, -0.1) is 11.3 Å². The summed E-state index contributed by atoms with van der Waals surface area (Å²) in [6.07, 6.45) is 0. The molecule has 0 unspecified atom stereocenters. The molecule has 0 aliphatic heterocycles. The first-order valence-corrected chi connectivity index (χ1v) is 36.7. The minimum Gasteiger partial charge on any atom is -0.309 e. The first-order valence-electron chi connectivity index (χ1n) is 35.8. The molecule has 0 saturated carbocycles. The zero-order valence-corrected chi connectivity index (χ0v) is 58.3. The Morgan fingerprint density at radius 1 is 0.238 bits per heavy atom. The smallest absolute Gasteiger partial charge is 0.235 e. The highest BCUT2D eigenvalue weighted by molar-refractivity contribution is 7.25. The summed E-state index contributed by atoms with van der Waals surface area (Å²) in [5.74, 6) is 1.33. The maximum Gasteiger partial charge on any atom is 0.235 e. The summed E-state index contributed by atoms with van der Waals surface area (Å²) in [5, 5.41) is 11.9. The van der Waals surface area contributed by atoms with Crippen molar-refractivity contribution in [1.29, 1.82) is 0 Å². The van der Waals surface area contributed by atoms with Crippen molar-refractivity contribution < 1.29 is 0 Å². The van der Waals surface area contributed by atoms with Crippen LogP contribution in [-0.4, -0.2) is 33.6 Å². The zero-order valence-electron chi connectivity index (χ0n) is 57.4. The Morgan fingerprint density at radius 3 is 1.20 bits per heavy atom. The largest absolute Gasteiger partial charge is 0.309 e. The van der Waals surface area contributed by atoms with Gasteiger partial charge in [-0.3, -0.25) is 9.13 Å². The van der Waals surface area contributed by atoms with Crippen LogP contribution in [0.3, 0.4) is 0 Å². The molecule has 6 heterocycles. The van der Waals surface area contributed by atoms with E-state index < -0.39 is 0 Å². The Labute approximate surface area is 609 Å². The molecule has 0 spiro atoms. The van der Waals surface area contributed by atoms with Crippen LogP contribution in [0.1, 0.15) is 25.0 Å². The summed E-state index contributed by atoms with van der Waals surface area (Å²) in [7, 11) is 0. The third-order valence-electron chi connectivity index (χ3n) is 21.8. The van der Waals surface area contributed by atoms with Crippen molar-refractivity contribution in [2.24, 2.45) is 0 Å². The molecule has 0 bridgehead atoms. The highest BCUT2D eigenvalue weighted by atomic mass is 32.1. The van der Waals surface area contributed by atoms with Crippen LogP contribution in [0.4, 0.5) is 0 Å². The van der Waals surface area contributed by atoms with Gasteiger partial charge in [0.15, 0.2) is 0 Å². The quantitative estimate of drug-likeness (QED) is 0.152. The fraction of sp³-hybridized carbons (Fsp3) is 0.0309. The Morgan fingerprint density at radius 2 is 0.619 bits per heavy atom. The second-order valence-corrected chi connectivity index (χ2v) is 29.1. The van der Waals surface area contributed by atoms with Crippen LogP contribution >= 0.6 is 11.3 Å². The third-order valence-corrected chi connectivity index (χ3v) is 22.9. The number of hydrogen-bond acceptors (Lipinski definition) is 5. The van der Waals surface area contributed by atoms with Crippen molar-refractivity contribution in [1.82, 2.24) is 33.6 Å². The second-order valence-electron chi connectivity index (χ2n) is 28.1. The van der Waals surface area contributed by atoms with Gasteiger partial charge in [0, 0.05) is 85.5 Å². The third kappa shape index (κ3) is 9.71. The van der Waals surface area contributed by atoms with Gasteiger partial charge in [0.05, 0.1) is 55.5 Å². The number of para-hydroxylation sites is 6. The summed E-state index contributed by atoms with van der Waals surface area (Å²) in [4.78, 5) is 21.2. The van der Waals surface area contributed by atoms with E-state index in [0.717, 1.165) is 72.1 Å². The standard InChI is InChI=1S/C53H36N4.C44H27N3S/c1-53(2)44-20-10-6-16-37(44)38-27-24-35(32-45(38)53)51-41-19-7-11-21-46(41)54-52(55-51)57-48-23-13-9-18-40(48)43-31-34(26-29-50(43)57)33-25-28-49-42(30-33)39-17-8-12-22-47(39)56(49)36-14-4-3-5-15-36;1-2-10-28(11-3-1)29-18-20-30(21-19-29)43-35-14-4-7-15-38(35)45-44(46-43)47-39-16-8-5-12-33(39)36-26-31(22-24-40(36)47)32-23-25-42-37(27-32)34-13-6-9-17-41(34)48-42/h3-32H,1-2H3;1-27H. The lowest BCUT2D eigenvalue weighted by Gasteiger charge is -2.22. The predicted octanol–water partition coefficient (Wildman–Crippen LogP) is 25.6. The molecule has 8 heteroatoms. The van der Waals surface area contributed by atoms with Crippen LogP contribution in [0.2, 0.25) is 0 Å². The Bertz CT molecular complexity index is 7120. The molecule has 1 aliphatic carbocycles. The summed E-state index contributed by atoms with van der Waals surface area (Å²) in [6, 6.07) is 124. The number of nitrogens with zero attached hydrogens (tertiary/aromatic N) is 7. The Kier molecular flexibility index (Phi) is 13.7. The average molecular weight is 1360 g/mol. The van der Waals surface area contributed by atoms with Crippen LogP contribution in [0.5, 0.6) is 0 Å². The van der Waals surface area contributed by atoms with Crippen molar-refractivity contribution in [3.63, 3.8) is 0 Å². The van der Waals surface area contributed by atoms with Crippen LogP contribution in [0.15, 0.2) is 346 Å². The normalized spacial score (nSPS) is 12.6. The average Bonchev–Trinajstić information content (AvgIpc) is 1.62. The van der Waals surface area contributed by atoms with E-state index in [1.807, 2.05) is 23.5 Å². The van der Waals surface area contributed by atoms with Crippen molar-refractivity contribution >= 4 is 119 Å². The lowest BCUT2D eigenvalue weighted by molar-refractivity contribution is 0.660. The fourth-order valence-electron chi connectivity index (χ4n) is 16.7. The van der Waals surface area contributed by atoms with Gasteiger partial charge < -0.3 is 4.57 Å². The van der Waals surface area contributed by atoms with E-state index in [1.54, 1.807) is 0 Å². The van der Waals surface area contributed by atoms with E-state index >= 15 is 0 Å². The number of fused-ring (bicyclic) bond motifs is 17. The van der Waals surface area contributed by atoms with Crippen molar-refractivity contribution in [3.05, 3.63) is 357 Å². The number of rotatable bonds is 8. The van der Waals surface area contributed by atoms with Crippen LogP contribution in [0, 0.1) is 0 Å². The maximum absolute atomic E-state index is 5.46. The number of aromatic nitrogens is 7. The minimum absolute atomic E-state index is 0.109. The lowest BCUT2D eigenvalue weighted by Crippen LogP contribution is -2.15. The van der Waals surface area contributed by atoms with E-state index in [-0.39, 0.29) is 5.41 Å². The van der Waals surface area contributed by atoms with Gasteiger partial charge in [-0.25, -0.2) is 19.9 Å². The van der Waals surface area contributed by atoms with Crippen LogP contribution in [-0.2, 0) is 5.41 Å². The number of thiophene rings is 1. The molecular formula is C97H63N7S. The second kappa shape index (κ2) is 23.9. The van der Waals surface area contributed by atoms with Gasteiger partial charge >= 0.3 is 0 Å². The molecule has 7 nitrogen and oxygen atoms in total. The molecule has 0 amide bonds. The summed E-state index contributed by atoms with van der Waals surface area (Å²) in [6.45, 7) is 4.66. The molecule has 0 saturated heterocycles. The van der Waals surface area contributed by atoms with Crippen molar-refractivity contribution in [2.45, 2.75) is 19.3 Å². The SMILES string of the molecule is CC1(C)c2ccccc2-c2ccc(-c3nc(-n4c5ccccc5c5cc(-c6ccc7c(c6)c6ccccc6n7-c6ccccc6)ccc54)nc4ccccc34)cc21.c1ccc(-c2ccc(-c3nc(-n4c5ccccc5c5cc(-c6ccc7sc8ccccc8c7c6)ccc54)nc4ccccc34)cc2)cc1. The zero-order chi connectivity index (χ0) is 69.4. The molecule has 1 aliphatic rings. The van der Waals surface area contributed by atoms with Crippen LogP contribution < -0.4 is 0 Å². The number of hydrogen-bond donors (Lipinski definition) is 0. The first kappa shape index (κ1) is 60.4. The van der Waals surface area contributed by atoms with Gasteiger partial charge in [-0.1, -0.05) is 257 Å². The molecule has 22 rings (SSSR count). The highest BCUT2D eigenvalue weighted by Crippen LogP contribution is 2.50. The molecule has 0 radical (unpaired) electrons. The van der Waals surface area contributed by atoms with Gasteiger partial charge in [0.1, 0.15) is 0 Å². The molecule has 0 fully saturated rings. The van der Waals surface area contributed by atoms with Gasteiger partial charge in [0.25, 0.3) is 0 Å².